The van der Waals surface area contributed by atoms with Gasteiger partial charge < -0.3 is 5.73 Å². The monoisotopic (exact) mass is 56.1 g/mol. The maximum absolute atomic E-state index is 4.78. The quantitative estimate of drug-likeness (QED) is 0.424. The van der Waals surface area contributed by atoms with Crippen LogP contribution in [-0.4, -0.2) is 0 Å². The van der Waals surface area contributed by atoms with Crippen molar-refractivity contribution in [2.24, 2.45) is 5.73 Å². The van der Waals surface area contributed by atoms with Crippen LogP contribution < -0.4 is 5.73 Å². The van der Waals surface area contributed by atoms with Crippen molar-refractivity contribution in [1.29, 1.82) is 0 Å². The van der Waals surface area contributed by atoms with Crippen LogP contribution in [0.2, 0.25) is 0 Å². The summed E-state index contributed by atoms with van der Waals surface area (Å²) in [6, 6.07) is 0. The van der Waals surface area contributed by atoms with Crippen LogP contribution in [0.4, 0.5) is 0 Å². The molecule has 0 bridgehead atoms. The molecular formula is C3H6N. The first-order chi connectivity index (χ1) is 1.91. The van der Waals surface area contributed by atoms with E-state index < -0.39 is 0 Å². The zero-order valence-electron chi connectivity index (χ0n) is 2.44. The highest BCUT2D eigenvalue weighted by molar-refractivity contribution is 4.76. The van der Waals surface area contributed by atoms with Gasteiger partial charge in [0, 0.05) is 0 Å². The highest BCUT2D eigenvalue weighted by Gasteiger charge is 1.33. The van der Waals surface area contributed by atoms with E-state index in [1.165, 1.54) is 12.3 Å². The van der Waals surface area contributed by atoms with Gasteiger partial charge in [-0.25, -0.2) is 0 Å². The zero-order chi connectivity index (χ0) is 3.41. The highest BCUT2D eigenvalue weighted by atomic mass is 14.5. The number of hydrogen-bond donors (Lipinski definition) is 1. The van der Waals surface area contributed by atoms with Crippen molar-refractivity contribution in [3.8, 4) is 0 Å². The lowest BCUT2D eigenvalue weighted by molar-refractivity contribution is 1.61. The third kappa shape index (κ3) is 1.54. The maximum Gasteiger partial charge on any atom is -0.0103 e. The number of hydrogen-bond acceptors (Lipinski definition) is 1. The van der Waals surface area contributed by atoms with Crippen LogP contribution in [0.3, 0.4) is 0 Å². The van der Waals surface area contributed by atoms with Crippen LogP contribution in [0.5, 0.6) is 0 Å². The molecule has 0 rings (SSSR count). The van der Waals surface area contributed by atoms with Crippen molar-refractivity contribution in [3.05, 3.63) is 19.2 Å². The Morgan fingerprint density at radius 3 is 2.00 bits per heavy atom. The van der Waals surface area contributed by atoms with Crippen LogP contribution in [0.25, 0.3) is 0 Å². The molecule has 0 saturated carbocycles. The summed E-state index contributed by atoms with van der Waals surface area (Å²) < 4.78 is 0. The molecule has 0 heterocycles. The fraction of sp³-hybridized carbons (Fsp3) is 0. The van der Waals surface area contributed by atoms with Gasteiger partial charge in [0.2, 0.25) is 0 Å². The summed E-state index contributed by atoms with van der Waals surface area (Å²) >= 11 is 0. The summed E-state index contributed by atoms with van der Waals surface area (Å²) in [5.74, 6) is 0. The summed E-state index contributed by atoms with van der Waals surface area (Å²) in [6.45, 7) is 3.30. The third-order valence-electron chi connectivity index (χ3n) is 0.136. The zero-order valence-corrected chi connectivity index (χ0v) is 2.44. The highest BCUT2D eigenvalue weighted by Crippen LogP contribution is 1.45. The Morgan fingerprint density at radius 1 is 1.75 bits per heavy atom. The number of nitrogens with two attached hydrogens (primary N) is 1. The molecule has 1 nitrogen and oxygen atoms in total. The fourth-order valence-corrected chi connectivity index (χ4v) is 0. The lowest BCUT2D eigenvalue weighted by Gasteiger charge is -1.53. The van der Waals surface area contributed by atoms with Gasteiger partial charge in [-0.05, 0) is 13.1 Å². The molecule has 0 amide bonds. The summed E-state index contributed by atoms with van der Waals surface area (Å²) in [5.41, 5.74) is 4.78. The van der Waals surface area contributed by atoms with E-state index in [-0.39, 0.29) is 0 Å². The van der Waals surface area contributed by atoms with Gasteiger partial charge in [0.05, 0.1) is 0 Å². The van der Waals surface area contributed by atoms with Crippen molar-refractivity contribution in [2.75, 3.05) is 0 Å². The van der Waals surface area contributed by atoms with E-state index in [1.807, 2.05) is 0 Å². The molecule has 4 heavy (non-hydrogen) atoms. The summed E-state index contributed by atoms with van der Waals surface area (Å²) in [5, 5.41) is 0. The molecule has 23 valence electrons. The van der Waals surface area contributed by atoms with Gasteiger partial charge in [-0.1, -0.05) is 6.08 Å². The van der Waals surface area contributed by atoms with Gasteiger partial charge >= 0.3 is 0 Å². The smallest absolute Gasteiger partial charge is 0.0103 e. The Kier molecular flexibility index (Phi) is 2.25. The average molecular weight is 56.1 g/mol. The van der Waals surface area contributed by atoms with E-state index in [9.17, 15) is 0 Å². The molecule has 2 N–H and O–H groups in total. The molecule has 0 aliphatic rings. The lowest BCUT2D eigenvalue weighted by Crippen LogP contribution is -1.70. The molecule has 0 aliphatic carbocycles. The van der Waals surface area contributed by atoms with Gasteiger partial charge in [0.25, 0.3) is 0 Å². The molecular weight excluding hydrogens is 50.0 g/mol. The molecule has 0 fully saturated rings. The number of allylic oxidation sites excluding steroid dienone is 1. The van der Waals surface area contributed by atoms with Crippen molar-refractivity contribution < 1.29 is 0 Å². The van der Waals surface area contributed by atoms with E-state index in [0.29, 0.717) is 0 Å². The van der Waals surface area contributed by atoms with E-state index in [2.05, 4.69) is 6.92 Å². The van der Waals surface area contributed by atoms with Gasteiger partial charge in [-0.2, -0.15) is 0 Å². The van der Waals surface area contributed by atoms with Crippen LogP contribution >= 0.6 is 0 Å². The molecule has 0 atom stereocenters. The minimum absolute atomic E-state index is 1.39. The van der Waals surface area contributed by atoms with Crippen LogP contribution in [0.1, 0.15) is 0 Å². The van der Waals surface area contributed by atoms with Crippen LogP contribution in [0.15, 0.2) is 12.3 Å². The summed E-state index contributed by atoms with van der Waals surface area (Å²) in [7, 11) is 0. The average Bonchev–Trinajstić information content (AvgIpc) is 1.37. The Morgan fingerprint density at radius 2 is 2.00 bits per heavy atom. The van der Waals surface area contributed by atoms with Gasteiger partial charge in [0.1, 0.15) is 0 Å². The van der Waals surface area contributed by atoms with Crippen molar-refractivity contribution in [2.45, 2.75) is 0 Å². The minimum atomic E-state index is 1.39. The first-order valence-corrected chi connectivity index (χ1v) is 1.07. The molecule has 0 saturated heterocycles. The SMILES string of the molecule is [CH2]C=CN. The van der Waals surface area contributed by atoms with E-state index in [0.717, 1.165) is 0 Å². The summed E-state index contributed by atoms with van der Waals surface area (Å²) in [6.07, 6.45) is 2.92. The first-order valence-electron chi connectivity index (χ1n) is 1.07. The molecule has 0 spiro atoms. The predicted molar refractivity (Wildman–Crippen MR) is 18.7 cm³/mol. The largest absolute Gasteiger partial charge is 0.405 e. The normalized spacial score (nSPS) is 9.25. The Bertz CT molecular complexity index is 18.5. The van der Waals surface area contributed by atoms with Crippen LogP contribution in [0, 0.1) is 6.92 Å². The van der Waals surface area contributed by atoms with Crippen molar-refractivity contribution in [3.63, 3.8) is 0 Å². The van der Waals surface area contributed by atoms with E-state index in [1.54, 1.807) is 0 Å². The van der Waals surface area contributed by atoms with Crippen molar-refractivity contribution >= 4 is 0 Å². The lowest BCUT2D eigenvalue weighted by atomic mass is 10.7. The minimum Gasteiger partial charge on any atom is -0.405 e. The topological polar surface area (TPSA) is 26.0 Å². The standard InChI is InChI=1S/C3H6N/c1-2-3-4/h2-3H,1,4H2. The van der Waals surface area contributed by atoms with E-state index in [4.69, 9.17) is 5.73 Å². The third-order valence-corrected chi connectivity index (χ3v) is 0.136. The molecule has 1 radical (unpaired) electrons. The predicted octanol–water partition coefficient (Wildman–Crippen LogP) is 0.293. The van der Waals surface area contributed by atoms with E-state index >= 15 is 0 Å². The van der Waals surface area contributed by atoms with Gasteiger partial charge in [-0.15, -0.1) is 0 Å². The molecule has 0 unspecified atom stereocenters. The Labute approximate surface area is 26.1 Å². The molecule has 0 aromatic carbocycles. The van der Waals surface area contributed by atoms with Crippen LogP contribution in [-0.2, 0) is 0 Å². The second-order valence-corrected chi connectivity index (χ2v) is 0.428. The molecule has 0 aliphatic heterocycles. The fourth-order valence-electron chi connectivity index (χ4n) is 0. The molecule has 0 aromatic rings. The first kappa shape index (κ1) is 3.54. The van der Waals surface area contributed by atoms with Crippen molar-refractivity contribution in [1.82, 2.24) is 0 Å². The van der Waals surface area contributed by atoms with Gasteiger partial charge in [-0.3, -0.25) is 0 Å². The van der Waals surface area contributed by atoms with Gasteiger partial charge in [0.15, 0.2) is 0 Å². The summed E-state index contributed by atoms with van der Waals surface area (Å²) in [4.78, 5) is 0. The Balaban J connectivity index is 2.55. The second kappa shape index (κ2) is 2.54. The maximum atomic E-state index is 4.78. The molecule has 1 heteroatoms. The second-order valence-electron chi connectivity index (χ2n) is 0.428. The number of rotatable bonds is 0. The Hall–Kier alpha value is -0.460. The molecule has 0 aromatic heterocycles.